The van der Waals surface area contributed by atoms with Crippen molar-refractivity contribution in [3.05, 3.63) is 113 Å². The Balaban J connectivity index is 1.67. The van der Waals surface area contributed by atoms with Crippen LogP contribution in [0.15, 0.2) is 84.9 Å². The number of para-hydroxylation sites is 1. The quantitative estimate of drug-likeness (QED) is 0.108. The van der Waals surface area contributed by atoms with Crippen LogP contribution in [0.1, 0.15) is 137 Å². The first-order valence-corrected chi connectivity index (χ1v) is 20.1. The molecule has 5 aromatic carbocycles. The predicted octanol–water partition coefficient (Wildman–Crippen LogP) is 14.8. The Morgan fingerprint density at radius 2 is 0.824 bits per heavy atom. The van der Waals surface area contributed by atoms with Gasteiger partial charge in [-0.05, 0) is 123 Å². The van der Waals surface area contributed by atoms with E-state index in [0.29, 0.717) is 0 Å². The Kier molecular flexibility index (Phi) is 11.2. The van der Waals surface area contributed by atoms with Gasteiger partial charge in [-0.2, -0.15) is 0 Å². The second-order valence-electron chi connectivity index (χ2n) is 17.0. The van der Waals surface area contributed by atoms with Crippen LogP contribution in [0, 0.1) is 6.92 Å². The molecule has 4 heteroatoms. The third-order valence-electron chi connectivity index (χ3n) is 12.0. The molecule has 0 heterocycles. The number of hydrogen-bond donors (Lipinski definition) is 0. The molecule has 0 saturated carbocycles. The van der Waals surface area contributed by atoms with Gasteiger partial charge in [-0.15, -0.1) is 0 Å². The van der Waals surface area contributed by atoms with E-state index < -0.39 is 8.60 Å². The van der Waals surface area contributed by atoms with Gasteiger partial charge in [-0.25, -0.2) is 0 Å². The lowest BCUT2D eigenvalue weighted by Crippen LogP contribution is -2.19. The molecule has 51 heavy (non-hydrogen) atoms. The average Bonchev–Trinajstić information content (AvgIpc) is 3.11. The molecule has 0 fully saturated rings. The van der Waals surface area contributed by atoms with Crippen molar-refractivity contribution < 1.29 is 13.6 Å². The molecule has 0 bridgehead atoms. The summed E-state index contributed by atoms with van der Waals surface area (Å²) in [4.78, 5) is 0. The topological polar surface area (TPSA) is 27.7 Å². The van der Waals surface area contributed by atoms with Crippen molar-refractivity contribution in [1.82, 2.24) is 0 Å². The minimum Gasteiger partial charge on any atom is -0.408 e. The first kappa shape index (κ1) is 38.7. The highest BCUT2D eigenvalue weighted by Crippen LogP contribution is 2.50. The number of benzene rings is 5. The third-order valence-corrected chi connectivity index (χ3v) is 13.1. The van der Waals surface area contributed by atoms with E-state index in [-0.39, 0.29) is 21.7 Å². The van der Waals surface area contributed by atoms with E-state index in [1.165, 1.54) is 21.9 Å². The molecule has 0 aliphatic rings. The Labute approximate surface area is 310 Å². The normalized spacial score (nSPS) is 12.9. The maximum atomic E-state index is 7.04. The molecule has 0 N–H and O–H groups in total. The van der Waals surface area contributed by atoms with Gasteiger partial charge in [-0.3, -0.25) is 0 Å². The molecule has 0 unspecified atom stereocenters. The number of fused-ring (bicyclic) bond motifs is 2. The zero-order valence-corrected chi connectivity index (χ0v) is 34.5. The fraction of sp³-hybridized carbons (Fsp3) is 0.447. The first-order chi connectivity index (χ1) is 23.9. The fourth-order valence-electron chi connectivity index (χ4n) is 6.35. The molecule has 0 saturated heterocycles. The van der Waals surface area contributed by atoms with Gasteiger partial charge < -0.3 is 13.6 Å². The zero-order valence-electron chi connectivity index (χ0n) is 33.6. The molecule has 0 spiro atoms. The van der Waals surface area contributed by atoms with Gasteiger partial charge in [0.25, 0.3) is 0 Å². The van der Waals surface area contributed by atoms with Crippen LogP contribution in [0.2, 0.25) is 0 Å². The Morgan fingerprint density at radius 3 is 1.22 bits per heavy atom. The highest BCUT2D eigenvalue weighted by atomic mass is 31.2. The van der Waals surface area contributed by atoms with Crippen molar-refractivity contribution >= 4 is 30.1 Å². The van der Waals surface area contributed by atoms with Crippen LogP contribution in [0.25, 0.3) is 21.5 Å². The third kappa shape index (κ3) is 8.25. The van der Waals surface area contributed by atoms with E-state index in [9.17, 15) is 0 Å². The Morgan fingerprint density at radius 1 is 0.431 bits per heavy atom. The molecule has 0 aliphatic heterocycles. The van der Waals surface area contributed by atoms with Crippen LogP contribution >= 0.6 is 8.60 Å². The Bertz CT molecular complexity index is 1880. The SMILES string of the molecule is CCC(C)(C)c1ccc2cc(OP(Oc3ccccc3C)Oc3cc4ccc(C(C)(C)CC)cc4cc3C(C)(C)CC)c(C(C)(C)CC)cc2c1. The van der Waals surface area contributed by atoms with Crippen molar-refractivity contribution in [3.8, 4) is 17.2 Å². The second kappa shape index (κ2) is 14.8. The largest absolute Gasteiger partial charge is 0.530 e. The molecule has 0 aromatic heterocycles. The highest BCUT2D eigenvalue weighted by Gasteiger charge is 2.32. The van der Waals surface area contributed by atoms with Crippen molar-refractivity contribution in [2.45, 2.75) is 137 Å². The number of rotatable bonds is 14. The standard InChI is InChI=1S/C47H61O3P/c1-14-44(6,7)37-24-22-33-30-42(39(28-35(33)26-37)46(10,11)16-3)49-51(48-41-21-19-18-20-32(41)5)50-43-31-34-23-25-38(45(8,9)15-2)27-36(34)29-40(43)47(12,13)17-4/h18-31H,14-17H2,1-13H3. The lowest BCUT2D eigenvalue weighted by Gasteiger charge is -2.30. The number of hydrogen-bond acceptors (Lipinski definition) is 3. The first-order valence-electron chi connectivity index (χ1n) is 19.0. The summed E-state index contributed by atoms with van der Waals surface area (Å²) >= 11 is 0. The van der Waals surface area contributed by atoms with E-state index in [4.69, 9.17) is 13.6 Å². The summed E-state index contributed by atoms with van der Waals surface area (Å²) < 4.78 is 20.8. The van der Waals surface area contributed by atoms with E-state index >= 15 is 0 Å². The summed E-state index contributed by atoms with van der Waals surface area (Å²) in [5.74, 6) is 2.37. The van der Waals surface area contributed by atoms with Crippen molar-refractivity contribution in [2.24, 2.45) is 0 Å². The zero-order chi connectivity index (χ0) is 37.4. The van der Waals surface area contributed by atoms with Crippen molar-refractivity contribution in [3.63, 3.8) is 0 Å². The van der Waals surface area contributed by atoms with E-state index in [0.717, 1.165) is 70.4 Å². The van der Waals surface area contributed by atoms with Gasteiger partial charge in [0.1, 0.15) is 17.2 Å². The second-order valence-corrected chi connectivity index (χ2v) is 18.0. The molecular weight excluding hydrogens is 643 g/mol. The molecule has 0 aliphatic carbocycles. The van der Waals surface area contributed by atoms with Gasteiger partial charge in [0.05, 0.1) is 0 Å². The monoisotopic (exact) mass is 704 g/mol. The van der Waals surface area contributed by atoms with Crippen molar-refractivity contribution in [1.29, 1.82) is 0 Å². The highest BCUT2D eigenvalue weighted by molar-refractivity contribution is 7.43. The summed E-state index contributed by atoms with van der Waals surface area (Å²) in [7, 11) is -1.91. The molecule has 0 radical (unpaired) electrons. The Hall–Kier alpha value is -3.55. The summed E-state index contributed by atoms with van der Waals surface area (Å²) in [6.07, 6.45) is 4.08. The maximum absolute atomic E-state index is 7.04. The van der Waals surface area contributed by atoms with Gasteiger partial charge in [0.15, 0.2) is 0 Å². The molecule has 0 atom stereocenters. The minimum absolute atomic E-state index is 0.102. The van der Waals surface area contributed by atoms with E-state index in [2.05, 4.69) is 157 Å². The summed E-state index contributed by atoms with van der Waals surface area (Å²) in [5, 5.41) is 4.75. The minimum atomic E-state index is -1.91. The maximum Gasteiger partial charge on any atom is 0.530 e. The lowest BCUT2D eigenvalue weighted by molar-refractivity contribution is 0.372. The molecule has 5 rings (SSSR count). The summed E-state index contributed by atoms with van der Waals surface area (Å²) in [5.41, 5.74) is 6.00. The van der Waals surface area contributed by atoms with Crippen molar-refractivity contribution in [2.75, 3.05) is 0 Å². The molecule has 3 nitrogen and oxygen atoms in total. The average molecular weight is 705 g/mol. The smallest absolute Gasteiger partial charge is 0.408 e. The van der Waals surface area contributed by atoms with Gasteiger partial charge >= 0.3 is 8.60 Å². The van der Waals surface area contributed by atoms with E-state index in [1.54, 1.807) is 0 Å². The molecule has 272 valence electrons. The predicted molar refractivity (Wildman–Crippen MR) is 221 cm³/mol. The van der Waals surface area contributed by atoms with Crippen LogP contribution in [-0.4, -0.2) is 0 Å². The lowest BCUT2D eigenvalue weighted by atomic mass is 9.79. The molecular formula is C47H61O3P. The van der Waals surface area contributed by atoms with E-state index in [1.807, 2.05) is 18.2 Å². The molecule has 0 amide bonds. The van der Waals surface area contributed by atoms with Gasteiger partial charge in [0.2, 0.25) is 0 Å². The number of aryl methyl sites for hydroxylation is 1. The molecule has 5 aromatic rings. The fourth-order valence-corrected chi connectivity index (χ4v) is 7.45. The van der Waals surface area contributed by atoms with Gasteiger partial charge in [0, 0.05) is 11.1 Å². The van der Waals surface area contributed by atoms with Gasteiger partial charge in [-0.1, -0.05) is 138 Å². The van der Waals surface area contributed by atoms with Crippen LogP contribution < -0.4 is 13.6 Å². The van der Waals surface area contributed by atoms with Crippen LogP contribution in [0.4, 0.5) is 0 Å². The van der Waals surface area contributed by atoms with Crippen LogP contribution in [-0.2, 0) is 21.7 Å². The van der Waals surface area contributed by atoms with Crippen LogP contribution in [0.3, 0.4) is 0 Å². The summed E-state index contributed by atoms with van der Waals surface area (Å²) in [6.45, 7) is 29.6. The van der Waals surface area contributed by atoms with Crippen LogP contribution in [0.5, 0.6) is 17.2 Å². The summed E-state index contributed by atoms with van der Waals surface area (Å²) in [6, 6.07) is 30.9.